The summed E-state index contributed by atoms with van der Waals surface area (Å²) in [5.74, 6) is 0.277. The second-order valence-electron chi connectivity index (χ2n) is 3.44. The van der Waals surface area contributed by atoms with Crippen LogP contribution in [0.15, 0.2) is 23.8 Å². The van der Waals surface area contributed by atoms with Gasteiger partial charge in [-0.2, -0.15) is 4.98 Å². The van der Waals surface area contributed by atoms with Gasteiger partial charge in [0.25, 0.3) is 0 Å². The first-order valence-electron chi connectivity index (χ1n) is 4.74. The van der Waals surface area contributed by atoms with E-state index in [-0.39, 0.29) is 5.95 Å². The molecule has 0 atom stereocenters. The molecular weight excluding hydrogens is 222 g/mol. The van der Waals surface area contributed by atoms with Gasteiger partial charge in [0.05, 0.1) is 11.2 Å². The summed E-state index contributed by atoms with van der Waals surface area (Å²) in [4.78, 5) is 13.8. The van der Waals surface area contributed by atoms with Crippen LogP contribution in [-0.4, -0.2) is 19.5 Å². The third kappa shape index (κ3) is 1.27. The van der Waals surface area contributed by atoms with Crippen LogP contribution < -0.4 is 5.73 Å². The maximum Gasteiger partial charge on any atom is 0.222 e. The van der Waals surface area contributed by atoms with E-state index >= 15 is 0 Å². The van der Waals surface area contributed by atoms with Gasteiger partial charge >= 0.3 is 0 Å². The Morgan fingerprint density at radius 3 is 3.00 bits per heavy atom. The van der Waals surface area contributed by atoms with E-state index in [0.29, 0.717) is 0 Å². The molecule has 0 saturated carbocycles. The number of aromatic nitrogens is 4. The van der Waals surface area contributed by atoms with Crippen LogP contribution in [0.1, 0.15) is 0 Å². The summed E-state index contributed by atoms with van der Waals surface area (Å²) in [5.41, 5.74) is 8.05. The Kier molecular flexibility index (Phi) is 1.90. The number of hydrogen-bond donors (Lipinski definition) is 1. The van der Waals surface area contributed by atoms with Crippen LogP contribution in [-0.2, 0) is 7.05 Å². The Morgan fingerprint density at radius 1 is 1.38 bits per heavy atom. The standard InChI is InChI=1S/C10H9N5S/c1-15-5-12-8-7(6-3-2-4-16-6)13-10(11)14-9(8)15/h2-5H,1H3,(H2,11,13,14). The molecule has 0 aromatic carbocycles. The number of hydrogen-bond acceptors (Lipinski definition) is 5. The molecule has 0 amide bonds. The van der Waals surface area contributed by atoms with Crippen molar-refractivity contribution in [2.24, 2.45) is 7.05 Å². The zero-order valence-electron chi connectivity index (χ0n) is 8.58. The summed E-state index contributed by atoms with van der Waals surface area (Å²) < 4.78 is 1.84. The third-order valence-electron chi connectivity index (χ3n) is 2.33. The Morgan fingerprint density at radius 2 is 2.25 bits per heavy atom. The maximum atomic E-state index is 5.70. The van der Waals surface area contributed by atoms with Gasteiger partial charge in [-0.15, -0.1) is 11.3 Å². The third-order valence-corrected chi connectivity index (χ3v) is 3.21. The Bertz CT molecular complexity index is 641. The molecule has 2 N–H and O–H groups in total. The number of fused-ring (bicyclic) bond motifs is 1. The first-order chi connectivity index (χ1) is 7.75. The molecule has 16 heavy (non-hydrogen) atoms. The summed E-state index contributed by atoms with van der Waals surface area (Å²) in [6.07, 6.45) is 1.72. The van der Waals surface area contributed by atoms with Crippen LogP contribution >= 0.6 is 11.3 Å². The number of anilines is 1. The fourth-order valence-electron chi connectivity index (χ4n) is 1.61. The van der Waals surface area contributed by atoms with Gasteiger partial charge in [-0.3, -0.25) is 0 Å². The van der Waals surface area contributed by atoms with Crippen LogP contribution in [0.2, 0.25) is 0 Å². The van der Waals surface area contributed by atoms with Crippen molar-refractivity contribution in [3.8, 4) is 10.6 Å². The summed E-state index contributed by atoms with van der Waals surface area (Å²) >= 11 is 1.61. The average Bonchev–Trinajstić information content (AvgIpc) is 2.88. The molecule has 3 aromatic rings. The molecule has 0 bridgehead atoms. The first kappa shape index (κ1) is 9.29. The van der Waals surface area contributed by atoms with E-state index in [4.69, 9.17) is 5.73 Å². The number of nitrogen functional groups attached to an aromatic ring is 1. The van der Waals surface area contributed by atoms with Crippen LogP contribution in [0.4, 0.5) is 5.95 Å². The Balaban J connectivity index is 2.39. The largest absolute Gasteiger partial charge is 0.368 e. The summed E-state index contributed by atoms with van der Waals surface area (Å²) in [5, 5.41) is 2.00. The molecule has 3 rings (SSSR count). The maximum absolute atomic E-state index is 5.70. The molecule has 0 aliphatic rings. The molecule has 80 valence electrons. The molecule has 0 unspecified atom stereocenters. The van der Waals surface area contributed by atoms with E-state index in [9.17, 15) is 0 Å². The molecule has 5 nitrogen and oxygen atoms in total. The summed E-state index contributed by atoms with van der Waals surface area (Å²) in [7, 11) is 1.89. The minimum absolute atomic E-state index is 0.277. The molecule has 3 heterocycles. The van der Waals surface area contributed by atoms with Crippen molar-refractivity contribution in [3.05, 3.63) is 23.8 Å². The lowest BCUT2D eigenvalue weighted by molar-refractivity contribution is 0.930. The highest BCUT2D eigenvalue weighted by Crippen LogP contribution is 2.28. The highest BCUT2D eigenvalue weighted by Gasteiger charge is 2.12. The van der Waals surface area contributed by atoms with Crippen molar-refractivity contribution in [1.29, 1.82) is 0 Å². The highest BCUT2D eigenvalue weighted by molar-refractivity contribution is 7.13. The summed E-state index contributed by atoms with van der Waals surface area (Å²) in [6, 6.07) is 3.98. The van der Waals surface area contributed by atoms with Crippen molar-refractivity contribution in [1.82, 2.24) is 19.5 Å². The molecule has 0 spiro atoms. The van der Waals surface area contributed by atoms with Gasteiger partial charge in [0.15, 0.2) is 5.65 Å². The zero-order valence-corrected chi connectivity index (χ0v) is 9.40. The number of thiophene rings is 1. The van der Waals surface area contributed by atoms with Crippen molar-refractivity contribution in [2.45, 2.75) is 0 Å². The lowest BCUT2D eigenvalue weighted by Crippen LogP contribution is -1.99. The molecular formula is C10H9N5S. The molecule has 0 saturated heterocycles. The van der Waals surface area contributed by atoms with Gasteiger partial charge in [0.1, 0.15) is 11.2 Å². The Labute approximate surface area is 95.6 Å². The van der Waals surface area contributed by atoms with Gasteiger partial charge in [-0.25, -0.2) is 9.97 Å². The second-order valence-corrected chi connectivity index (χ2v) is 4.38. The number of nitrogens with zero attached hydrogens (tertiary/aromatic N) is 4. The van der Waals surface area contributed by atoms with Gasteiger partial charge in [-0.05, 0) is 11.4 Å². The molecule has 0 radical (unpaired) electrons. The van der Waals surface area contributed by atoms with Crippen molar-refractivity contribution in [3.63, 3.8) is 0 Å². The minimum Gasteiger partial charge on any atom is -0.368 e. The van der Waals surface area contributed by atoms with Crippen molar-refractivity contribution in [2.75, 3.05) is 5.73 Å². The zero-order chi connectivity index (χ0) is 11.1. The number of nitrogens with two attached hydrogens (primary N) is 1. The van der Waals surface area contributed by atoms with Crippen LogP contribution in [0, 0.1) is 0 Å². The van der Waals surface area contributed by atoms with E-state index in [1.807, 2.05) is 29.1 Å². The predicted molar refractivity (Wildman–Crippen MR) is 64.0 cm³/mol. The van der Waals surface area contributed by atoms with Crippen LogP contribution in [0.3, 0.4) is 0 Å². The van der Waals surface area contributed by atoms with Gasteiger partial charge < -0.3 is 10.3 Å². The van der Waals surface area contributed by atoms with E-state index < -0.39 is 0 Å². The molecule has 3 aromatic heterocycles. The lowest BCUT2D eigenvalue weighted by Gasteiger charge is -2.00. The number of imidazole rings is 1. The normalized spacial score (nSPS) is 11.1. The molecule has 0 aliphatic carbocycles. The monoisotopic (exact) mass is 231 g/mol. The smallest absolute Gasteiger partial charge is 0.222 e. The molecule has 0 fully saturated rings. The van der Waals surface area contributed by atoms with Crippen LogP contribution in [0.5, 0.6) is 0 Å². The summed E-state index contributed by atoms with van der Waals surface area (Å²) in [6.45, 7) is 0. The molecule has 6 heteroatoms. The van der Waals surface area contributed by atoms with Gasteiger partial charge in [0, 0.05) is 7.05 Å². The van der Waals surface area contributed by atoms with Gasteiger partial charge in [-0.1, -0.05) is 6.07 Å². The lowest BCUT2D eigenvalue weighted by atomic mass is 10.3. The van der Waals surface area contributed by atoms with E-state index in [0.717, 1.165) is 21.7 Å². The average molecular weight is 231 g/mol. The fraction of sp³-hybridized carbons (Fsp3) is 0.100. The van der Waals surface area contributed by atoms with Crippen LogP contribution in [0.25, 0.3) is 21.7 Å². The second kappa shape index (κ2) is 3.28. The highest BCUT2D eigenvalue weighted by atomic mass is 32.1. The van der Waals surface area contributed by atoms with E-state index in [1.165, 1.54) is 0 Å². The SMILES string of the molecule is Cn1cnc2c(-c3cccs3)nc(N)nc21. The quantitative estimate of drug-likeness (QED) is 0.691. The first-order valence-corrected chi connectivity index (χ1v) is 5.62. The number of rotatable bonds is 1. The Hall–Kier alpha value is -1.95. The topological polar surface area (TPSA) is 69.6 Å². The molecule has 0 aliphatic heterocycles. The van der Waals surface area contributed by atoms with E-state index in [2.05, 4.69) is 15.0 Å². The van der Waals surface area contributed by atoms with Gasteiger partial charge in [0.2, 0.25) is 5.95 Å². The number of aryl methyl sites for hydroxylation is 1. The fourth-order valence-corrected chi connectivity index (χ4v) is 2.32. The van der Waals surface area contributed by atoms with Crippen molar-refractivity contribution < 1.29 is 0 Å². The predicted octanol–water partition coefficient (Wildman–Crippen LogP) is 1.67. The van der Waals surface area contributed by atoms with Crippen molar-refractivity contribution >= 4 is 28.4 Å². The van der Waals surface area contributed by atoms with E-state index in [1.54, 1.807) is 17.7 Å². The minimum atomic E-state index is 0.277.